The van der Waals surface area contributed by atoms with Crippen LogP contribution in [0.1, 0.15) is 53.2 Å². The molecule has 1 aromatic rings. The standard InChI is InChI=1S/C21H31N3O6S/c1-12(2)15-6-5-13(3)9-16(15)29-21(27)28-10-19-30-18(11-31-19)24-8-7-17(22-14(4)25)23-20(24)26/h7-8,12-13,15-16,18-19H,5-6,9-11H2,1-4H3,(H,22,23,25,26)/t13?,15-,16?,18?,19+/m0/s1. The van der Waals surface area contributed by atoms with Crippen molar-refractivity contribution < 1.29 is 23.8 Å². The average Bonchev–Trinajstić information content (AvgIpc) is 3.14. The highest BCUT2D eigenvalue weighted by molar-refractivity contribution is 8.00. The summed E-state index contributed by atoms with van der Waals surface area (Å²) < 4.78 is 18.1. The number of carbonyl (C=O) groups is 2. The summed E-state index contributed by atoms with van der Waals surface area (Å²) in [6, 6.07) is 1.54. The van der Waals surface area contributed by atoms with Crippen LogP contribution in [0.5, 0.6) is 0 Å². The Morgan fingerprint density at radius 3 is 2.84 bits per heavy atom. The largest absolute Gasteiger partial charge is 0.508 e. The number of rotatable bonds is 6. The van der Waals surface area contributed by atoms with E-state index in [0.29, 0.717) is 23.5 Å². The molecule has 2 heterocycles. The molecule has 1 aliphatic carbocycles. The second-order valence-corrected chi connectivity index (χ2v) is 9.77. The number of nitrogens with zero attached hydrogens (tertiary/aromatic N) is 2. The van der Waals surface area contributed by atoms with Crippen LogP contribution in [0.3, 0.4) is 0 Å². The number of ether oxygens (including phenoxy) is 3. The minimum Gasteiger partial charge on any atom is -0.431 e. The van der Waals surface area contributed by atoms with Gasteiger partial charge in [-0.1, -0.05) is 27.2 Å². The maximum absolute atomic E-state index is 12.3. The topological polar surface area (TPSA) is 109 Å². The number of thioether (sulfide) groups is 1. The van der Waals surface area contributed by atoms with Gasteiger partial charge in [0, 0.05) is 18.9 Å². The molecule has 5 atom stereocenters. The van der Waals surface area contributed by atoms with E-state index in [-0.39, 0.29) is 24.4 Å². The average molecular weight is 454 g/mol. The van der Waals surface area contributed by atoms with Crippen molar-refractivity contribution >= 4 is 29.6 Å². The molecule has 172 valence electrons. The van der Waals surface area contributed by atoms with Crippen LogP contribution in [0.25, 0.3) is 0 Å². The summed E-state index contributed by atoms with van der Waals surface area (Å²) in [4.78, 5) is 39.4. The molecule has 1 aromatic heterocycles. The molecule has 3 unspecified atom stereocenters. The summed E-state index contributed by atoms with van der Waals surface area (Å²) in [6.07, 6.45) is 3.29. The second kappa shape index (κ2) is 10.5. The minimum absolute atomic E-state index is 0.0424. The SMILES string of the molecule is CC(=O)Nc1ccn(C2CS[C@H](COC(=O)OC3CC(C)CC[C@H]3C(C)C)O2)c(=O)n1. The van der Waals surface area contributed by atoms with E-state index in [4.69, 9.17) is 14.2 Å². The fourth-order valence-electron chi connectivity index (χ4n) is 4.10. The van der Waals surface area contributed by atoms with Crippen molar-refractivity contribution in [3.8, 4) is 0 Å². The highest BCUT2D eigenvalue weighted by atomic mass is 32.2. The molecule has 0 bridgehead atoms. The lowest BCUT2D eigenvalue weighted by atomic mass is 9.75. The van der Waals surface area contributed by atoms with E-state index in [1.807, 2.05) is 0 Å². The lowest BCUT2D eigenvalue weighted by Gasteiger charge is -2.36. The van der Waals surface area contributed by atoms with Crippen LogP contribution < -0.4 is 11.0 Å². The Labute approximate surface area is 186 Å². The first kappa shape index (κ1) is 23.6. The maximum atomic E-state index is 12.3. The van der Waals surface area contributed by atoms with E-state index in [9.17, 15) is 14.4 Å². The fraction of sp³-hybridized carbons (Fsp3) is 0.714. The second-order valence-electron chi connectivity index (χ2n) is 8.58. The number of aromatic nitrogens is 2. The predicted octanol–water partition coefficient (Wildman–Crippen LogP) is 3.40. The number of anilines is 1. The molecule has 31 heavy (non-hydrogen) atoms. The molecule has 2 aliphatic rings. The summed E-state index contributed by atoms with van der Waals surface area (Å²) >= 11 is 1.45. The monoisotopic (exact) mass is 453 g/mol. The van der Waals surface area contributed by atoms with Crippen LogP contribution in [0.2, 0.25) is 0 Å². The molecule has 1 amide bonds. The van der Waals surface area contributed by atoms with Gasteiger partial charge >= 0.3 is 11.8 Å². The Bertz CT molecular complexity index is 845. The van der Waals surface area contributed by atoms with Gasteiger partial charge in [0.25, 0.3) is 0 Å². The fourth-order valence-corrected chi connectivity index (χ4v) is 5.09. The van der Waals surface area contributed by atoms with Gasteiger partial charge in [-0.25, -0.2) is 9.59 Å². The smallest absolute Gasteiger partial charge is 0.431 e. The van der Waals surface area contributed by atoms with Crippen molar-refractivity contribution in [1.29, 1.82) is 0 Å². The van der Waals surface area contributed by atoms with Gasteiger partial charge < -0.3 is 19.5 Å². The van der Waals surface area contributed by atoms with E-state index >= 15 is 0 Å². The van der Waals surface area contributed by atoms with Crippen molar-refractivity contribution in [3.05, 3.63) is 22.7 Å². The van der Waals surface area contributed by atoms with E-state index in [1.165, 1.54) is 35.5 Å². The van der Waals surface area contributed by atoms with Gasteiger partial charge in [-0.15, -0.1) is 11.8 Å². The van der Waals surface area contributed by atoms with E-state index in [0.717, 1.165) is 19.3 Å². The Morgan fingerprint density at radius 2 is 2.16 bits per heavy atom. The Balaban J connectivity index is 1.48. The molecule has 2 fully saturated rings. The molecule has 0 radical (unpaired) electrons. The number of amides is 1. The molecule has 10 heteroatoms. The van der Waals surface area contributed by atoms with Gasteiger partial charge in [0.05, 0.1) is 0 Å². The third kappa shape index (κ3) is 6.46. The highest BCUT2D eigenvalue weighted by Crippen LogP contribution is 2.36. The van der Waals surface area contributed by atoms with Gasteiger partial charge in [-0.3, -0.25) is 9.36 Å². The van der Waals surface area contributed by atoms with Crippen LogP contribution >= 0.6 is 11.8 Å². The number of hydrogen-bond acceptors (Lipinski definition) is 8. The molecule has 1 saturated heterocycles. The Hall–Kier alpha value is -2.07. The quantitative estimate of drug-likeness (QED) is 0.653. The molecule has 1 N–H and O–H groups in total. The minimum atomic E-state index is -0.670. The van der Waals surface area contributed by atoms with Gasteiger partial charge in [0.1, 0.15) is 30.2 Å². The normalized spacial score (nSPS) is 28.4. The molecule has 0 aromatic carbocycles. The zero-order valence-electron chi connectivity index (χ0n) is 18.4. The lowest BCUT2D eigenvalue weighted by molar-refractivity contribution is -0.114. The first-order valence-corrected chi connectivity index (χ1v) is 11.7. The zero-order chi connectivity index (χ0) is 22.5. The van der Waals surface area contributed by atoms with Crippen LogP contribution in [0, 0.1) is 17.8 Å². The first-order chi connectivity index (χ1) is 14.7. The van der Waals surface area contributed by atoms with E-state index < -0.39 is 23.5 Å². The van der Waals surface area contributed by atoms with Crippen LogP contribution in [0.15, 0.2) is 17.1 Å². The van der Waals surface area contributed by atoms with Crippen molar-refractivity contribution in [2.24, 2.45) is 17.8 Å². The van der Waals surface area contributed by atoms with E-state index in [2.05, 4.69) is 31.1 Å². The maximum Gasteiger partial charge on any atom is 0.508 e. The summed E-state index contributed by atoms with van der Waals surface area (Å²) in [6.45, 7) is 7.88. The van der Waals surface area contributed by atoms with Crippen LogP contribution in [0.4, 0.5) is 10.6 Å². The van der Waals surface area contributed by atoms with Gasteiger partial charge in [-0.2, -0.15) is 4.98 Å². The zero-order valence-corrected chi connectivity index (χ0v) is 19.2. The Morgan fingerprint density at radius 1 is 1.39 bits per heavy atom. The third-order valence-corrected chi connectivity index (χ3v) is 6.82. The van der Waals surface area contributed by atoms with Crippen LogP contribution in [-0.2, 0) is 19.0 Å². The predicted molar refractivity (Wildman–Crippen MR) is 117 cm³/mol. The Kier molecular flexibility index (Phi) is 7.99. The van der Waals surface area contributed by atoms with Crippen molar-refractivity contribution in [2.45, 2.75) is 64.7 Å². The van der Waals surface area contributed by atoms with E-state index in [1.54, 1.807) is 0 Å². The van der Waals surface area contributed by atoms with Crippen molar-refractivity contribution in [3.63, 3.8) is 0 Å². The summed E-state index contributed by atoms with van der Waals surface area (Å²) in [5, 5.41) is 2.47. The molecule has 3 rings (SSSR count). The molecule has 1 saturated carbocycles. The summed E-state index contributed by atoms with van der Waals surface area (Å²) in [5.41, 5.74) is -0.922. The number of carbonyl (C=O) groups excluding carboxylic acids is 2. The van der Waals surface area contributed by atoms with Gasteiger partial charge in [-0.05, 0) is 36.7 Å². The number of hydrogen-bond donors (Lipinski definition) is 1. The molecular weight excluding hydrogens is 422 g/mol. The summed E-state index contributed by atoms with van der Waals surface area (Å²) in [7, 11) is 0. The van der Waals surface area contributed by atoms with Gasteiger partial charge in [0.15, 0.2) is 0 Å². The highest BCUT2D eigenvalue weighted by Gasteiger charge is 2.34. The molecule has 0 spiro atoms. The number of nitrogens with one attached hydrogen (secondary N) is 1. The van der Waals surface area contributed by atoms with Crippen LogP contribution in [-0.4, -0.2) is 45.5 Å². The first-order valence-electron chi connectivity index (χ1n) is 10.7. The van der Waals surface area contributed by atoms with Gasteiger partial charge in [0.2, 0.25) is 5.91 Å². The molecular formula is C21H31N3O6S. The summed E-state index contributed by atoms with van der Waals surface area (Å²) in [5.74, 6) is 1.74. The van der Waals surface area contributed by atoms with Crippen molar-refractivity contribution in [1.82, 2.24) is 9.55 Å². The third-order valence-electron chi connectivity index (χ3n) is 5.72. The molecule has 9 nitrogen and oxygen atoms in total. The lowest BCUT2D eigenvalue weighted by Crippen LogP contribution is -2.36. The van der Waals surface area contributed by atoms with Crippen molar-refractivity contribution in [2.75, 3.05) is 17.7 Å². The molecule has 1 aliphatic heterocycles.